The van der Waals surface area contributed by atoms with E-state index >= 15 is 0 Å². The average molecular weight is 284 g/mol. The monoisotopic (exact) mass is 284 g/mol. The molecule has 21 heavy (non-hydrogen) atoms. The Labute approximate surface area is 124 Å². The summed E-state index contributed by atoms with van der Waals surface area (Å²) in [5.74, 6) is 0.463. The van der Waals surface area contributed by atoms with Gasteiger partial charge in [-0.15, -0.1) is 0 Å². The molecule has 0 aromatic heterocycles. The van der Waals surface area contributed by atoms with E-state index in [0.717, 1.165) is 11.4 Å². The Morgan fingerprint density at radius 1 is 1.19 bits per heavy atom. The van der Waals surface area contributed by atoms with E-state index in [-0.39, 0.29) is 11.9 Å². The minimum atomic E-state index is -0.341. The Balaban J connectivity index is 2.03. The van der Waals surface area contributed by atoms with Gasteiger partial charge in [-0.25, -0.2) is 4.39 Å². The molecule has 0 aliphatic rings. The van der Waals surface area contributed by atoms with Crippen molar-refractivity contribution in [2.45, 2.75) is 26.5 Å². The van der Waals surface area contributed by atoms with Gasteiger partial charge in [-0.3, -0.25) is 0 Å². The lowest BCUT2D eigenvalue weighted by atomic mass is 10.1. The first kappa shape index (κ1) is 14.9. The number of benzene rings is 2. The summed E-state index contributed by atoms with van der Waals surface area (Å²) in [4.78, 5) is 0. The molecule has 0 heterocycles. The van der Waals surface area contributed by atoms with Gasteiger partial charge in [-0.05, 0) is 61.9 Å². The van der Waals surface area contributed by atoms with Crippen LogP contribution in [0.15, 0.2) is 42.5 Å². The first-order valence-electron chi connectivity index (χ1n) is 6.77. The lowest BCUT2D eigenvalue weighted by Gasteiger charge is -2.11. The van der Waals surface area contributed by atoms with Crippen molar-refractivity contribution >= 4 is 5.69 Å². The zero-order valence-electron chi connectivity index (χ0n) is 12.1. The van der Waals surface area contributed by atoms with Crippen molar-refractivity contribution in [1.29, 1.82) is 5.26 Å². The highest BCUT2D eigenvalue weighted by Crippen LogP contribution is 2.18. The fourth-order valence-corrected chi connectivity index (χ4v) is 1.94. The van der Waals surface area contributed by atoms with Gasteiger partial charge in [0.25, 0.3) is 0 Å². The molecule has 1 N–H and O–H groups in total. The van der Waals surface area contributed by atoms with Crippen LogP contribution in [0, 0.1) is 17.1 Å². The summed E-state index contributed by atoms with van der Waals surface area (Å²) in [6.45, 7) is 4.34. The second-order valence-corrected chi connectivity index (χ2v) is 4.96. The molecule has 0 amide bonds. The summed E-state index contributed by atoms with van der Waals surface area (Å²) < 4.78 is 18.8. The molecule has 0 unspecified atom stereocenters. The largest absolute Gasteiger partial charge is 0.491 e. The van der Waals surface area contributed by atoms with E-state index in [4.69, 9.17) is 10.00 Å². The number of hydrogen-bond donors (Lipinski definition) is 1. The first-order valence-corrected chi connectivity index (χ1v) is 6.77. The maximum Gasteiger partial charge on any atom is 0.123 e. The minimum absolute atomic E-state index is 0.134. The van der Waals surface area contributed by atoms with Gasteiger partial charge >= 0.3 is 0 Å². The van der Waals surface area contributed by atoms with Crippen LogP contribution < -0.4 is 10.1 Å². The molecule has 4 heteroatoms. The third kappa shape index (κ3) is 4.22. The van der Waals surface area contributed by atoms with Crippen LogP contribution >= 0.6 is 0 Å². The van der Waals surface area contributed by atoms with Crippen LogP contribution in [-0.2, 0) is 6.54 Å². The Morgan fingerprint density at radius 3 is 2.52 bits per heavy atom. The van der Waals surface area contributed by atoms with E-state index in [2.05, 4.69) is 11.4 Å². The van der Waals surface area contributed by atoms with Gasteiger partial charge in [-0.1, -0.05) is 0 Å². The van der Waals surface area contributed by atoms with Crippen molar-refractivity contribution in [1.82, 2.24) is 0 Å². The van der Waals surface area contributed by atoms with Crippen LogP contribution in [-0.4, -0.2) is 6.10 Å². The van der Waals surface area contributed by atoms with Crippen LogP contribution in [0.25, 0.3) is 0 Å². The highest BCUT2D eigenvalue weighted by molar-refractivity contribution is 5.48. The molecule has 3 nitrogen and oxygen atoms in total. The van der Waals surface area contributed by atoms with Gasteiger partial charge in [0, 0.05) is 12.2 Å². The molecule has 0 fully saturated rings. The fourth-order valence-electron chi connectivity index (χ4n) is 1.94. The lowest BCUT2D eigenvalue weighted by molar-refractivity contribution is 0.242. The topological polar surface area (TPSA) is 45.0 Å². The van der Waals surface area contributed by atoms with Gasteiger partial charge in [-0.2, -0.15) is 5.26 Å². The maximum atomic E-state index is 13.2. The molecule has 0 aliphatic heterocycles. The Bertz CT molecular complexity index is 645. The zero-order chi connectivity index (χ0) is 15.2. The molecular weight excluding hydrogens is 267 g/mol. The van der Waals surface area contributed by atoms with Crippen LogP contribution in [0.5, 0.6) is 5.75 Å². The number of rotatable bonds is 5. The molecule has 0 saturated heterocycles. The van der Waals surface area contributed by atoms with Crippen molar-refractivity contribution in [3.8, 4) is 11.8 Å². The number of nitriles is 1. The normalized spacial score (nSPS) is 10.2. The average Bonchev–Trinajstić information content (AvgIpc) is 2.46. The summed E-state index contributed by atoms with van der Waals surface area (Å²) >= 11 is 0. The number of hydrogen-bond acceptors (Lipinski definition) is 3. The van der Waals surface area contributed by atoms with Crippen molar-refractivity contribution in [2.24, 2.45) is 0 Å². The second-order valence-electron chi connectivity index (χ2n) is 4.96. The van der Waals surface area contributed by atoms with Crippen LogP contribution in [0.2, 0.25) is 0 Å². The Hall–Kier alpha value is -2.54. The molecule has 108 valence electrons. The van der Waals surface area contributed by atoms with E-state index in [9.17, 15) is 4.39 Å². The predicted octanol–water partition coefficient (Wildman–Crippen LogP) is 4.10. The molecular formula is C17H17FN2O. The van der Waals surface area contributed by atoms with Crippen LogP contribution in [0.4, 0.5) is 10.1 Å². The number of anilines is 1. The summed E-state index contributed by atoms with van der Waals surface area (Å²) in [6, 6.07) is 13.8. The SMILES string of the molecule is CC(C)Oc1ccc(NCc2cc(F)ccc2C#N)cc1. The number of ether oxygens (including phenoxy) is 1. The molecule has 0 radical (unpaired) electrons. The van der Waals surface area contributed by atoms with Gasteiger partial charge < -0.3 is 10.1 Å². The molecule has 0 atom stereocenters. The van der Waals surface area contributed by atoms with Crippen molar-refractivity contribution in [3.05, 3.63) is 59.4 Å². The summed E-state index contributed by atoms with van der Waals surface area (Å²) in [6.07, 6.45) is 0.134. The third-order valence-electron chi connectivity index (χ3n) is 2.90. The van der Waals surface area contributed by atoms with Crippen LogP contribution in [0.1, 0.15) is 25.0 Å². The molecule has 0 spiro atoms. The van der Waals surface area contributed by atoms with Gasteiger partial charge in [0.2, 0.25) is 0 Å². The van der Waals surface area contributed by atoms with Crippen LogP contribution in [0.3, 0.4) is 0 Å². The minimum Gasteiger partial charge on any atom is -0.491 e. The molecule has 0 bridgehead atoms. The third-order valence-corrected chi connectivity index (χ3v) is 2.90. The Morgan fingerprint density at radius 2 is 1.90 bits per heavy atom. The number of nitrogens with one attached hydrogen (secondary N) is 1. The molecule has 0 saturated carbocycles. The zero-order valence-corrected chi connectivity index (χ0v) is 12.1. The smallest absolute Gasteiger partial charge is 0.123 e. The van der Waals surface area contributed by atoms with Gasteiger partial charge in [0.1, 0.15) is 11.6 Å². The number of nitrogens with zero attached hydrogens (tertiary/aromatic N) is 1. The van der Waals surface area contributed by atoms with E-state index in [1.165, 1.54) is 18.2 Å². The second kappa shape index (κ2) is 6.76. The fraction of sp³-hybridized carbons (Fsp3) is 0.235. The molecule has 2 rings (SSSR count). The van der Waals surface area contributed by atoms with E-state index in [0.29, 0.717) is 17.7 Å². The van der Waals surface area contributed by atoms with E-state index in [1.807, 2.05) is 38.1 Å². The first-order chi connectivity index (χ1) is 10.1. The standard InChI is InChI=1S/C17H17FN2O/c1-12(2)21-17-7-5-16(6-8-17)20-11-14-9-15(18)4-3-13(14)10-19/h3-9,12,20H,11H2,1-2H3. The Kier molecular flexibility index (Phi) is 4.78. The summed E-state index contributed by atoms with van der Waals surface area (Å²) in [7, 11) is 0. The lowest BCUT2D eigenvalue weighted by Crippen LogP contribution is -2.06. The van der Waals surface area contributed by atoms with E-state index in [1.54, 1.807) is 0 Å². The predicted molar refractivity (Wildman–Crippen MR) is 80.6 cm³/mol. The molecule has 2 aromatic rings. The van der Waals surface area contributed by atoms with Crippen molar-refractivity contribution in [2.75, 3.05) is 5.32 Å². The van der Waals surface area contributed by atoms with Gasteiger partial charge in [0.05, 0.1) is 17.7 Å². The number of halogens is 1. The highest BCUT2D eigenvalue weighted by atomic mass is 19.1. The summed E-state index contributed by atoms with van der Waals surface area (Å²) in [5.41, 5.74) is 2.00. The van der Waals surface area contributed by atoms with E-state index < -0.39 is 0 Å². The highest BCUT2D eigenvalue weighted by Gasteiger charge is 2.04. The maximum absolute atomic E-state index is 13.2. The van der Waals surface area contributed by atoms with Gasteiger partial charge in [0.15, 0.2) is 0 Å². The molecule has 0 aliphatic carbocycles. The van der Waals surface area contributed by atoms with Crippen molar-refractivity contribution in [3.63, 3.8) is 0 Å². The summed E-state index contributed by atoms with van der Waals surface area (Å²) in [5, 5.41) is 12.2. The molecule has 2 aromatic carbocycles. The quantitative estimate of drug-likeness (QED) is 0.899. The van der Waals surface area contributed by atoms with Crippen molar-refractivity contribution < 1.29 is 9.13 Å².